The Hall–Kier alpha value is -2.54. The van der Waals surface area contributed by atoms with E-state index in [1.165, 1.54) is 32.4 Å². The second-order valence-electron chi connectivity index (χ2n) is 4.55. The lowest BCUT2D eigenvalue weighted by molar-refractivity contribution is -0.142. The summed E-state index contributed by atoms with van der Waals surface area (Å²) in [5.74, 6) is -0.0255. The van der Waals surface area contributed by atoms with Crippen LogP contribution in [0.4, 0.5) is 0 Å². The lowest BCUT2D eigenvalue weighted by atomic mass is 10.2. The molecule has 7 heteroatoms. The molecule has 6 nitrogen and oxygen atoms in total. The lowest BCUT2D eigenvalue weighted by Gasteiger charge is -2.11. The average molecular weight is 395 g/mol. The van der Waals surface area contributed by atoms with Crippen molar-refractivity contribution in [3.8, 4) is 17.2 Å². The first-order valence-corrected chi connectivity index (χ1v) is 7.68. The van der Waals surface area contributed by atoms with Crippen LogP contribution >= 0.6 is 15.9 Å². The minimum atomic E-state index is -0.542. The molecule has 0 unspecified atom stereocenters. The molecule has 24 heavy (non-hydrogen) atoms. The Labute approximate surface area is 147 Å². The number of hydrogen-bond donors (Lipinski definition) is 0. The van der Waals surface area contributed by atoms with E-state index in [-0.39, 0.29) is 12.2 Å². The molecule has 126 valence electrons. The number of esters is 2. The SMILES string of the molecule is COC(=O)COc1ccc(C(=O)Oc2ccccc2Br)cc1OC. The maximum absolute atomic E-state index is 12.2. The van der Waals surface area contributed by atoms with Gasteiger partial charge >= 0.3 is 11.9 Å². The van der Waals surface area contributed by atoms with Crippen LogP contribution in [0, 0.1) is 0 Å². The van der Waals surface area contributed by atoms with Crippen LogP contribution in [0.2, 0.25) is 0 Å². The van der Waals surface area contributed by atoms with Gasteiger partial charge in [-0.2, -0.15) is 0 Å². The molecule has 0 bridgehead atoms. The Balaban J connectivity index is 2.15. The number of carbonyl (C=O) groups is 2. The molecule has 0 aliphatic carbocycles. The van der Waals surface area contributed by atoms with E-state index < -0.39 is 11.9 Å². The molecule has 2 aromatic rings. The van der Waals surface area contributed by atoms with E-state index in [4.69, 9.17) is 14.2 Å². The van der Waals surface area contributed by atoms with Gasteiger partial charge in [0.1, 0.15) is 5.75 Å². The molecule has 2 aromatic carbocycles. The first-order chi connectivity index (χ1) is 11.5. The van der Waals surface area contributed by atoms with Crippen LogP contribution in [0.3, 0.4) is 0 Å². The smallest absolute Gasteiger partial charge is 0.343 e. The van der Waals surface area contributed by atoms with Crippen molar-refractivity contribution >= 4 is 27.9 Å². The largest absolute Gasteiger partial charge is 0.493 e. The van der Waals surface area contributed by atoms with Crippen molar-refractivity contribution in [1.82, 2.24) is 0 Å². The molecule has 0 saturated heterocycles. The molecule has 0 aliphatic rings. The van der Waals surface area contributed by atoms with E-state index in [0.29, 0.717) is 21.7 Å². The van der Waals surface area contributed by atoms with Gasteiger partial charge < -0.3 is 18.9 Å². The van der Waals surface area contributed by atoms with Crippen LogP contribution in [0.15, 0.2) is 46.9 Å². The van der Waals surface area contributed by atoms with Gasteiger partial charge in [-0.1, -0.05) is 12.1 Å². The number of benzene rings is 2. The molecule has 0 radical (unpaired) electrons. The predicted molar refractivity (Wildman–Crippen MR) is 89.6 cm³/mol. The Morgan fingerprint density at radius 1 is 1.00 bits per heavy atom. The Morgan fingerprint density at radius 3 is 2.42 bits per heavy atom. The highest BCUT2D eigenvalue weighted by molar-refractivity contribution is 9.10. The minimum Gasteiger partial charge on any atom is -0.493 e. The highest BCUT2D eigenvalue weighted by Gasteiger charge is 2.15. The highest BCUT2D eigenvalue weighted by atomic mass is 79.9. The molecule has 0 N–H and O–H groups in total. The number of halogens is 1. The predicted octanol–water partition coefficient (Wildman–Crippen LogP) is 3.23. The molecular formula is C17H15BrO6. The molecule has 0 amide bonds. The second-order valence-corrected chi connectivity index (χ2v) is 5.40. The van der Waals surface area contributed by atoms with Crippen molar-refractivity contribution in [3.63, 3.8) is 0 Å². The summed E-state index contributed by atoms with van der Waals surface area (Å²) in [5, 5.41) is 0. The van der Waals surface area contributed by atoms with Gasteiger partial charge in [0.2, 0.25) is 0 Å². The summed E-state index contributed by atoms with van der Waals surface area (Å²) in [4.78, 5) is 23.4. The molecule has 0 heterocycles. The topological polar surface area (TPSA) is 71.1 Å². The van der Waals surface area contributed by atoms with E-state index >= 15 is 0 Å². The number of ether oxygens (including phenoxy) is 4. The monoisotopic (exact) mass is 394 g/mol. The summed E-state index contributed by atoms with van der Waals surface area (Å²) in [7, 11) is 2.70. The van der Waals surface area contributed by atoms with Gasteiger partial charge in [-0.3, -0.25) is 0 Å². The van der Waals surface area contributed by atoms with Crippen molar-refractivity contribution in [2.45, 2.75) is 0 Å². The fraction of sp³-hybridized carbons (Fsp3) is 0.176. The third kappa shape index (κ3) is 4.48. The maximum atomic E-state index is 12.2. The second kappa shape index (κ2) is 8.35. The number of carbonyl (C=O) groups excluding carboxylic acids is 2. The number of para-hydroxylation sites is 1. The van der Waals surface area contributed by atoms with Crippen LogP contribution in [0.1, 0.15) is 10.4 Å². The Bertz CT molecular complexity index is 744. The van der Waals surface area contributed by atoms with Gasteiger partial charge in [-0.05, 0) is 46.3 Å². The third-order valence-corrected chi connectivity index (χ3v) is 3.67. The molecule has 0 fully saturated rings. The molecule has 0 atom stereocenters. The van der Waals surface area contributed by atoms with Gasteiger partial charge in [0.15, 0.2) is 18.1 Å². The molecular weight excluding hydrogens is 380 g/mol. The standard InChI is InChI=1S/C17H15BrO6/c1-21-15-9-11(7-8-14(15)23-10-16(19)22-2)17(20)24-13-6-4-3-5-12(13)18/h3-9H,10H2,1-2H3. The Morgan fingerprint density at radius 2 is 1.75 bits per heavy atom. The van der Waals surface area contributed by atoms with Crippen LogP contribution in [-0.2, 0) is 9.53 Å². The summed E-state index contributed by atoms with van der Waals surface area (Å²) in [6, 6.07) is 11.5. The van der Waals surface area contributed by atoms with Crippen LogP contribution in [0.25, 0.3) is 0 Å². The minimum absolute atomic E-state index is 0.256. The van der Waals surface area contributed by atoms with Crippen molar-refractivity contribution in [2.75, 3.05) is 20.8 Å². The third-order valence-electron chi connectivity index (χ3n) is 3.01. The van der Waals surface area contributed by atoms with Crippen molar-refractivity contribution in [3.05, 3.63) is 52.5 Å². The highest BCUT2D eigenvalue weighted by Crippen LogP contribution is 2.29. The normalized spacial score (nSPS) is 9.96. The fourth-order valence-corrected chi connectivity index (χ4v) is 2.16. The summed E-state index contributed by atoms with van der Waals surface area (Å²) in [6.07, 6.45) is 0. The van der Waals surface area contributed by atoms with Gasteiger partial charge in [-0.15, -0.1) is 0 Å². The van der Waals surface area contributed by atoms with Crippen LogP contribution < -0.4 is 14.2 Å². The van der Waals surface area contributed by atoms with E-state index in [1.807, 2.05) is 6.07 Å². The summed E-state index contributed by atoms with van der Waals surface area (Å²) in [6.45, 7) is -0.256. The zero-order chi connectivity index (χ0) is 17.5. The molecule has 0 saturated carbocycles. The first kappa shape index (κ1) is 17.8. The zero-order valence-electron chi connectivity index (χ0n) is 13.1. The van der Waals surface area contributed by atoms with E-state index in [2.05, 4.69) is 20.7 Å². The summed E-state index contributed by atoms with van der Waals surface area (Å²) >= 11 is 3.31. The lowest BCUT2D eigenvalue weighted by Crippen LogP contribution is -2.13. The number of rotatable bonds is 6. The van der Waals surface area contributed by atoms with Crippen LogP contribution in [-0.4, -0.2) is 32.8 Å². The van der Waals surface area contributed by atoms with Gasteiger partial charge in [-0.25, -0.2) is 9.59 Å². The zero-order valence-corrected chi connectivity index (χ0v) is 14.7. The molecule has 0 spiro atoms. The molecule has 0 aromatic heterocycles. The van der Waals surface area contributed by atoms with E-state index in [1.54, 1.807) is 18.2 Å². The van der Waals surface area contributed by atoms with Gasteiger partial charge in [0, 0.05) is 0 Å². The van der Waals surface area contributed by atoms with E-state index in [0.717, 1.165) is 0 Å². The molecule has 0 aliphatic heterocycles. The quantitative estimate of drug-likeness (QED) is 0.553. The van der Waals surface area contributed by atoms with Gasteiger partial charge in [0.25, 0.3) is 0 Å². The maximum Gasteiger partial charge on any atom is 0.343 e. The van der Waals surface area contributed by atoms with E-state index in [9.17, 15) is 9.59 Å². The van der Waals surface area contributed by atoms with Gasteiger partial charge in [0.05, 0.1) is 24.3 Å². The first-order valence-electron chi connectivity index (χ1n) is 6.89. The van der Waals surface area contributed by atoms with Crippen molar-refractivity contribution in [1.29, 1.82) is 0 Å². The summed E-state index contributed by atoms with van der Waals surface area (Å²) in [5.41, 5.74) is 0.285. The summed E-state index contributed by atoms with van der Waals surface area (Å²) < 4.78 is 21.0. The Kier molecular flexibility index (Phi) is 6.20. The van der Waals surface area contributed by atoms with Crippen molar-refractivity contribution < 1.29 is 28.5 Å². The fourth-order valence-electron chi connectivity index (χ4n) is 1.80. The number of methoxy groups -OCH3 is 2. The number of hydrogen-bond acceptors (Lipinski definition) is 6. The van der Waals surface area contributed by atoms with Crippen molar-refractivity contribution in [2.24, 2.45) is 0 Å². The average Bonchev–Trinajstić information content (AvgIpc) is 2.61. The molecule has 2 rings (SSSR count). The van der Waals surface area contributed by atoms with Crippen LogP contribution in [0.5, 0.6) is 17.2 Å².